The Balaban J connectivity index is 0.000000138. The van der Waals surface area contributed by atoms with Gasteiger partial charge in [0.1, 0.15) is 5.78 Å². The van der Waals surface area contributed by atoms with Crippen molar-refractivity contribution in [2.45, 2.75) is 200 Å². The highest BCUT2D eigenvalue weighted by molar-refractivity contribution is 5.75. The number of carbonyl (C=O) groups is 1. The molecule has 3 N–H and O–H groups in total. The molecule has 7 aliphatic rings. The summed E-state index contributed by atoms with van der Waals surface area (Å²) in [7, 11) is 0. The molecule has 0 amide bonds. The average molecular weight is 1020 g/mol. The molecular weight excluding hydrogens is 925 g/mol. The number of ketones is 1. The molecule has 1 heterocycles. The van der Waals surface area contributed by atoms with E-state index in [4.69, 9.17) is 0 Å². The summed E-state index contributed by atoms with van der Waals surface area (Å²) in [6.07, 6.45) is 43.3. The lowest BCUT2D eigenvalue weighted by Gasteiger charge is -2.29. The number of benzene rings is 3. The highest BCUT2D eigenvalue weighted by Crippen LogP contribution is 2.42. The Labute approximate surface area is 461 Å². The monoisotopic (exact) mass is 1020 g/mol. The molecule has 5 nitrogen and oxygen atoms in total. The molecule has 3 aromatic carbocycles. The zero-order valence-electron chi connectivity index (χ0n) is 47.7. The van der Waals surface area contributed by atoms with Gasteiger partial charge >= 0.3 is 0 Å². The van der Waals surface area contributed by atoms with E-state index in [9.17, 15) is 4.79 Å². The van der Waals surface area contributed by atoms with Crippen LogP contribution in [0.1, 0.15) is 192 Å². The first kappa shape index (κ1) is 57.5. The number of nitrogens with zero attached hydrogens (tertiary/aromatic N) is 1. The Morgan fingerprint density at radius 1 is 0.526 bits per heavy atom. The molecule has 7 aliphatic carbocycles. The standard InChI is InChI=1S/C23H33NO.C19H27N.C18H25N.C11H13N/c1-17(15-20-8-4-3-5-9-20)22-16-23(22)24-21-13-11-19(12-14-21)10-6-7-18(2)25;1-15(12-16-8-4-2-5-9-16)18-13-19(18)20-14-17-10-6-3-7-11-17;1-14(12-15-8-4-2-5-9-15)17-13-18(17)19-16-10-6-3-7-11-16;1-9-7-11(9)5-4-10-3-2-6-12-8-10/h3-5,8-9,15,19,21-24H,6-7,10-14,16H2,1-2H3;2,4-5,8-9,12,17-20H,3,6-7,10-11,13-14H2,1H3;2,4-5,8-9,12,16-19H,3,6-7,10-11,13H2,1H3;2-6,8-9,11H,7H2,1H3/b17-15+;15-12+;14-12+;5-4+. The van der Waals surface area contributed by atoms with Crippen LogP contribution in [0.5, 0.6) is 0 Å². The van der Waals surface area contributed by atoms with Gasteiger partial charge < -0.3 is 20.7 Å². The lowest BCUT2D eigenvalue weighted by molar-refractivity contribution is -0.117. The molecule has 1 aromatic heterocycles. The van der Waals surface area contributed by atoms with Crippen molar-refractivity contribution in [1.82, 2.24) is 20.9 Å². The third kappa shape index (κ3) is 20.6. The molecule has 8 unspecified atom stereocenters. The van der Waals surface area contributed by atoms with Gasteiger partial charge in [-0.15, -0.1) is 0 Å². The first-order valence-corrected chi connectivity index (χ1v) is 30.7. The van der Waals surface area contributed by atoms with Crippen molar-refractivity contribution in [3.8, 4) is 0 Å². The lowest BCUT2D eigenvalue weighted by Crippen LogP contribution is -2.35. The number of pyridine rings is 1. The molecular formula is C71H98N4O. The summed E-state index contributed by atoms with van der Waals surface area (Å²) >= 11 is 0. The Bertz CT molecular complexity index is 2410. The molecule has 7 fully saturated rings. The predicted molar refractivity (Wildman–Crippen MR) is 325 cm³/mol. The first-order valence-electron chi connectivity index (χ1n) is 30.7. The molecule has 0 saturated heterocycles. The highest BCUT2D eigenvalue weighted by Gasteiger charge is 2.41. The van der Waals surface area contributed by atoms with Gasteiger partial charge in [0, 0.05) is 49.0 Å². The number of hydrogen-bond donors (Lipinski definition) is 3. The second-order valence-electron chi connectivity index (χ2n) is 24.7. The van der Waals surface area contributed by atoms with Crippen LogP contribution in [-0.4, -0.2) is 47.5 Å². The van der Waals surface area contributed by atoms with Crippen LogP contribution >= 0.6 is 0 Å². The van der Waals surface area contributed by atoms with Gasteiger partial charge in [-0.2, -0.15) is 0 Å². The minimum atomic E-state index is 0.342. The van der Waals surface area contributed by atoms with E-state index in [0.717, 1.165) is 72.4 Å². The number of allylic oxidation sites excluding steroid dienone is 1. The van der Waals surface area contributed by atoms with Crippen LogP contribution in [0.25, 0.3) is 24.3 Å². The van der Waals surface area contributed by atoms with Crippen molar-refractivity contribution in [1.29, 1.82) is 0 Å². The predicted octanol–water partition coefficient (Wildman–Crippen LogP) is 17.2. The van der Waals surface area contributed by atoms with Crippen molar-refractivity contribution >= 4 is 30.1 Å². The Morgan fingerprint density at radius 2 is 0.987 bits per heavy atom. The van der Waals surface area contributed by atoms with E-state index in [0.29, 0.717) is 17.9 Å². The Hall–Kier alpha value is -4.68. The summed E-state index contributed by atoms with van der Waals surface area (Å²) < 4.78 is 0. The van der Waals surface area contributed by atoms with Crippen molar-refractivity contribution < 1.29 is 4.79 Å². The van der Waals surface area contributed by atoms with E-state index in [1.165, 1.54) is 162 Å². The number of rotatable bonds is 19. The van der Waals surface area contributed by atoms with Crippen LogP contribution in [0.2, 0.25) is 0 Å². The van der Waals surface area contributed by atoms with Gasteiger partial charge in [-0.25, -0.2) is 0 Å². The summed E-state index contributed by atoms with van der Waals surface area (Å²) in [4.78, 5) is 15.1. The molecule has 0 spiro atoms. The number of aromatic nitrogens is 1. The second-order valence-corrected chi connectivity index (χ2v) is 24.7. The van der Waals surface area contributed by atoms with Gasteiger partial charge in [-0.05, 0) is 187 Å². The van der Waals surface area contributed by atoms with Crippen molar-refractivity contribution in [2.75, 3.05) is 6.54 Å². The van der Waals surface area contributed by atoms with E-state index >= 15 is 0 Å². The van der Waals surface area contributed by atoms with Crippen LogP contribution < -0.4 is 16.0 Å². The van der Waals surface area contributed by atoms with Crippen molar-refractivity contribution in [2.24, 2.45) is 41.4 Å². The SMILES string of the molecule is C/C(=C\c1ccccc1)C1CC1NC1CCCCC1.C/C(=C\c1ccccc1)C1CC1NCC1CCCCC1.CC(=O)CCCC1CCC(NC2CC2/C(C)=C/c2ccccc2)CC1.CC1CC1/C=C/c1cccnc1. The molecule has 4 aromatic rings. The summed E-state index contributed by atoms with van der Waals surface area (Å²) in [6, 6.07) is 39.8. The maximum absolute atomic E-state index is 11.1. The molecule has 7 saturated carbocycles. The molecule has 5 heteroatoms. The number of carbonyl (C=O) groups excluding carboxylic acids is 1. The van der Waals surface area contributed by atoms with E-state index < -0.39 is 0 Å². The summed E-state index contributed by atoms with van der Waals surface area (Å²) in [5.41, 5.74) is 9.79. The van der Waals surface area contributed by atoms with Gasteiger partial charge in [0.25, 0.3) is 0 Å². The zero-order valence-corrected chi connectivity index (χ0v) is 47.7. The fourth-order valence-electron chi connectivity index (χ4n) is 12.6. The van der Waals surface area contributed by atoms with E-state index in [1.807, 2.05) is 12.3 Å². The largest absolute Gasteiger partial charge is 0.313 e. The van der Waals surface area contributed by atoms with Crippen LogP contribution in [0.4, 0.5) is 0 Å². The fourth-order valence-corrected chi connectivity index (χ4v) is 12.6. The molecule has 0 radical (unpaired) electrons. The topological polar surface area (TPSA) is 66.0 Å². The van der Waals surface area contributed by atoms with Gasteiger partial charge in [-0.1, -0.05) is 196 Å². The van der Waals surface area contributed by atoms with Crippen molar-refractivity contribution in [3.05, 3.63) is 161 Å². The second kappa shape index (κ2) is 30.5. The smallest absolute Gasteiger partial charge is 0.129 e. The Morgan fingerprint density at radius 3 is 1.46 bits per heavy atom. The van der Waals surface area contributed by atoms with Crippen LogP contribution in [-0.2, 0) is 4.79 Å². The number of nitrogens with one attached hydrogen (secondary N) is 3. The number of Topliss-reactive ketones (excluding diaryl/α,β-unsaturated/α-hetero) is 1. The molecule has 11 rings (SSSR count). The molecule has 408 valence electrons. The summed E-state index contributed by atoms with van der Waals surface area (Å²) in [5, 5.41) is 11.6. The van der Waals surface area contributed by atoms with Crippen LogP contribution in [0.3, 0.4) is 0 Å². The average Bonchev–Trinajstić information content (AvgIpc) is 4.26. The third-order valence-electron chi connectivity index (χ3n) is 18.0. The summed E-state index contributed by atoms with van der Waals surface area (Å²) in [6.45, 7) is 12.1. The minimum Gasteiger partial charge on any atom is -0.313 e. The van der Waals surface area contributed by atoms with E-state index in [2.05, 4.69) is 176 Å². The molecule has 0 aliphatic heterocycles. The quantitative estimate of drug-likeness (QED) is 0.0873. The van der Waals surface area contributed by atoms with E-state index in [-0.39, 0.29) is 0 Å². The van der Waals surface area contributed by atoms with Gasteiger partial charge in [0.05, 0.1) is 0 Å². The third-order valence-corrected chi connectivity index (χ3v) is 18.0. The van der Waals surface area contributed by atoms with Crippen LogP contribution in [0, 0.1) is 41.4 Å². The number of hydrogen-bond acceptors (Lipinski definition) is 5. The van der Waals surface area contributed by atoms with E-state index in [1.54, 1.807) is 18.7 Å². The van der Waals surface area contributed by atoms with Gasteiger partial charge in [-0.3, -0.25) is 4.98 Å². The normalized spacial score (nSPS) is 28.4. The van der Waals surface area contributed by atoms with Gasteiger partial charge in [0.15, 0.2) is 0 Å². The zero-order chi connectivity index (χ0) is 52.9. The van der Waals surface area contributed by atoms with Crippen molar-refractivity contribution in [3.63, 3.8) is 0 Å². The minimum absolute atomic E-state index is 0.342. The maximum Gasteiger partial charge on any atom is 0.129 e. The lowest BCUT2D eigenvalue weighted by atomic mass is 9.83. The first-order chi connectivity index (χ1) is 37.1. The van der Waals surface area contributed by atoms with Crippen LogP contribution in [0.15, 0.2) is 138 Å². The fraction of sp³-hybridized carbons (Fsp3) is 0.549. The molecule has 8 atom stereocenters. The molecule has 0 bridgehead atoms. The Kier molecular flexibility index (Phi) is 23.0. The maximum atomic E-state index is 11.1. The molecule has 76 heavy (non-hydrogen) atoms. The van der Waals surface area contributed by atoms with Gasteiger partial charge in [0.2, 0.25) is 0 Å². The highest BCUT2D eigenvalue weighted by atomic mass is 16.1. The summed E-state index contributed by atoms with van der Waals surface area (Å²) in [5.74, 6) is 6.15.